The normalized spacial score (nSPS) is 13.9. The first kappa shape index (κ1) is 10.9. The van der Waals surface area contributed by atoms with Crippen molar-refractivity contribution in [2.75, 3.05) is 34.2 Å². The minimum Gasteiger partial charge on any atom is -0.319 e. The maximum Gasteiger partial charge on any atom is -0.00247 e. The van der Waals surface area contributed by atoms with Crippen LogP contribution in [0.4, 0.5) is 0 Å². The number of hydrogen-bond acceptors (Lipinski definition) is 2. The zero-order valence-corrected chi connectivity index (χ0v) is 8.35. The first-order valence-electron chi connectivity index (χ1n) is 4.46. The third-order valence-corrected chi connectivity index (χ3v) is 1.85. The molecule has 1 unspecified atom stereocenters. The predicted octanol–water partition coefficient (Wildman–Crippen LogP) is 1.18. The van der Waals surface area contributed by atoms with Gasteiger partial charge in [0.25, 0.3) is 0 Å². The topological polar surface area (TPSA) is 15.3 Å². The molecule has 0 aliphatic heterocycles. The van der Waals surface area contributed by atoms with Gasteiger partial charge in [0.05, 0.1) is 0 Å². The van der Waals surface area contributed by atoms with E-state index in [1.54, 1.807) is 0 Å². The highest BCUT2D eigenvalue weighted by molar-refractivity contribution is 4.56. The van der Waals surface area contributed by atoms with E-state index in [0.717, 1.165) is 12.5 Å². The maximum atomic E-state index is 3.19. The highest BCUT2D eigenvalue weighted by atomic mass is 15.0. The molecule has 0 amide bonds. The second kappa shape index (κ2) is 6.62. The van der Waals surface area contributed by atoms with Crippen molar-refractivity contribution in [3.8, 4) is 0 Å². The first-order chi connectivity index (χ1) is 5.16. The molecular weight excluding hydrogens is 136 g/mol. The number of rotatable bonds is 6. The fourth-order valence-corrected chi connectivity index (χ4v) is 1.21. The predicted molar refractivity (Wildman–Crippen MR) is 50.9 cm³/mol. The molecule has 68 valence electrons. The van der Waals surface area contributed by atoms with Crippen LogP contribution in [0.2, 0.25) is 0 Å². The van der Waals surface area contributed by atoms with Crippen molar-refractivity contribution >= 4 is 0 Å². The average Bonchev–Trinajstić information content (AvgIpc) is 1.87. The van der Waals surface area contributed by atoms with E-state index in [9.17, 15) is 0 Å². The van der Waals surface area contributed by atoms with E-state index in [2.05, 4.69) is 31.2 Å². The fourth-order valence-electron chi connectivity index (χ4n) is 1.21. The number of hydrogen-bond donors (Lipinski definition) is 1. The molecule has 0 aliphatic rings. The molecule has 11 heavy (non-hydrogen) atoms. The lowest BCUT2D eigenvalue weighted by atomic mass is 10.1. The molecule has 0 fully saturated rings. The lowest BCUT2D eigenvalue weighted by molar-refractivity contribution is 0.370. The minimum absolute atomic E-state index is 0.819. The molecule has 0 saturated heterocycles. The van der Waals surface area contributed by atoms with Gasteiger partial charge >= 0.3 is 0 Å². The van der Waals surface area contributed by atoms with Crippen LogP contribution in [0.1, 0.15) is 19.8 Å². The summed E-state index contributed by atoms with van der Waals surface area (Å²) in [7, 11) is 6.27. The summed E-state index contributed by atoms with van der Waals surface area (Å²) in [6, 6.07) is 0. The van der Waals surface area contributed by atoms with E-state index in [-0.39, 0.29) is 0 Å². The Morgan fingerprint density at radius 1 is 1.36 bits per heavy atom. The highest BCUT2D eigenvalue weighted by Gasteiger charge is 1.99. The zero-order chi connectivity index (χ0) is 8.69. The second-order valence-corrected chi connectivity index (χ2v) is 3.61. The Morgan fingerprint density at radius 2 is 2.00 bits per heavy atom. The summed E-state index contributed by atoms with van der Waals surface area (Å²) in [5.74, 6) is 0.819. The van der Waals surface area contributed by atoms with E-state index in [4.69, 9.17) is 0 Å². The van der Waals surface area contributed by atoms with Crippen molar-refractivity contribution in [2.45, 2.75) is 19.8 Å². The van der Waals surface area contributed by atoms with Gasteiger partial charge in [0.1, 0.15) is 0 Å². The van der Waals surface area contributed by atoms with Crippen molar-refractivity contribution < 1.29 is 0 Å². The van der Waals surface area contributed by atoms with Gasteiger partial charge < -0.3 is 10.2 Å². The molecule has 1 atom stereocenters. The third-order valence-electron chi connectivity index (χ3n) is 1.85. The summed E-state index contributed by atoms with van der Waals surface area (Å²) in [5, 5.41) is 3.19. The van der Waals surface area contributed by atoms with E-state index >= 15 is 0 Å². The summed E-state index contributed by atoms with van der Waals surface area (Å²) < 4.78 is 0. The smallest absolute Gasteiger partial charge is 0.00247 e. The van der Waals surface area contributed by atoms with Crippen LogP contribution in [-0.4, -0.2) is 39.1 Å². The zero-order valence-electron chi connectivity index (χ0n) is 8.35. The number of nitrogens with one attached hydrogen (secondary N) is 1. The van der Waals surface area contributed by atoms with Gasteiger partial charge in [0.15, 0.2) is 0 Å². The Morgan fingerprint density at radius 3 is 2.45 bits per heavy atom. The molecule has 2 heteroatoms. The van der Waals surface area contributed by atoms with Gasteiger partial charge in [-0.3, -0.25) is 0 Å². The van der Waals surface area contributed by atoms with Crippen LogP contribution >= 0.6 is 0 Å². The van der Waals surface area contributed by atoms with Crippen LogP contribution < -0.4 is 5.32 Å². The van der Waals surface area contributed by atoms with E-state index < -0.39 is 0 Å². The van der Waals surface area contributed by atoms with Crippen molar-refractivity contribution in [1.82, 2.24) is 10.2 Å². The summed E-state index contributed by atoms with van der Waals surface area (Å²) in [6.07, 6.45) is 2.65. The lowest BCUT2D eigenvalue weighted by Crippen LogP contribution is -2.18. The van der Waals surface area contributed by atoms with Crippen LogP contribution in [-0.2, 0) is 0 Å². The largest absolute Gasteiger partial charge is 0.319 e. The van der Waals surface area contributed by atoms with E-state index in [0.29, 0.717) is 0 Å². The van der Waals surface area contributed by atoms with Crippen LogP contribution in [0.3, 0.4) is 0 Å². The second-order valence-electron chi connectivity index (χ2n) is 3.61. The molecule has 0 saturated carbocycles. The van der Waals surface area contributed by atoms with Gasteiger partial charge in [-0.05, 0) is 53.0 Å². The lowest BCUT2D eigenvalue weighted by Gasteiger charge is -2.12. The Hall–Kier alpha value is -0.0800. The molecule has 0 aromatic heterocycles. The van der Waals surface area contributed by atoms with Crippen molar-refractivity contribution in [1.29, 1.82) is 0 Å². The van der Waals surface area contributed by atoms with Gasteiger partial charge in [0.2, 0.25) is 0 Å². The average molecular weight is 158 g/mol. The molecule has 0 bridgehead atoms. The molecular formula is C9H22N2. The SMILES string of the molecule is CNCC(C)CCCN(C)C. The van der Waals surface area contributed by atoms with Gasteiger partial charge in [-0.15, -0.1) is 0 Å². The van der Waals surface area contributed by atoms with Gasteiger partial charge in [-0.2, -0.15) is 0 Å². The highest BCUT2D eigenvalue weighted by Crippen LogP contribution is 2.03. The maximum absolute atomic E-state index is 3.19. The summed E-state index contributed by atoms with van der Waals surface area (Å²) in [4.78, 5) is 2.24. The Labute approximate surface area is 71.0 Å². The number of nitrogens with zero attached hydrogens (tertiary/aromatic N) is 1. The summed E-state index contributed by atoms with van der Waals surface area (Å²) in [6.45, 7) is 4.66. The van der Waals surface area contributed by atoms with E-state index in [1.165, 1.54) is 19.4 Å². The van der Waals surface area contributed by atoms with Crippen LogP contribution in [0.15, 0.2) is 0 Å². The standard InChI is InChI=1S/C9H22N2/c1-9(8-10-2)6-5-7-11(3)4/h9-10H,5-8H2,1-4H3. The van der Waals surface area contributed by atoms with Crippen molar-refractivity contribution in [3.63, 3.8) is 0 Å². The van der Waals surface area contributed by atoms with Crippen LogP contribution in [0.25, 0.3) is 0 Å². The van der Waals surface area contributed by atoms with E-state index in [1.807, 2.05) is 7.05 Å². The molecule has 1 N–H and O–H groups in total. The quantitative estimate of drug-likeness (QED) is 0.624. The minimum atomic E-state index is 0.819. The van der Waals surface area contributed by atoms with Gasteiger partial charge in [-0.25, -0.2) is 0 Å². The third kappa shape index (κ3) is 7.82. The van der Waals surface area contributed by atoms with Crippen LogP contribution in [0.5, 0.6) is 0 Å². The molecule has 0 aromatic carbocycles. The Bertz CT molecular complexity index is 81.6. The van der Waals surface area contributed by atoms with Crippen LogP contribution in [0, 0.1) is 5.92 Å². The molecule has 0 heterocycles. The molecule has 0 spiro atoms. The molecule has 2 nitrogen and oxygen atoms in total. The summed E-state index contributed by atoms with van der Waals surface area (Å²) in [5.41, 5.74) is 0. The van der Waals surface area contributed by atoms with Crippen molar-refractivity contribution in [3.05, 3.63) is 0 Å². The monoisotopic (exact) mass is 158 g/mol. The molecule has 0 aromatic rings. The Balaban J connectivity index is 3.10. The van der Waals surface area contributed by atoms with Gasteiger partial charge in [-0.1, -0.05) is 6.92 Å². The summed E-state index contributed by atoms with van der Waals surface area (Å²) >= 11 is 0. The Kier molecular flexibility index (Phi) is 6.57. The molecule has 0 radical (unpaired) electrons. The molecule has 0 aliphatic carbocycles. The molecule has 0 rings (SSSR count). The van der Waals surface area contributed by atoms with Gasteiger partial charge in [0, 0.05) is 0 Å². The fraction of sp³-hybridized carbons (Fsp3) is 1.00. The first-order valence-corrected chi connectivity index (χ1v) is 4.46. The van der Waals surface area contributed by atoms with Crippen molar-refractivity contribution in [2.24, 2.45) is 5.92 Å².